The van der Waals surface area contributed by atoms with Gasteiger partial charge in [0.1, 0.15) is 0 Å². The minimum absolute atomic E-state index is 0.0345. The van der Waals surface area contributed by atoms with Crippen LogP contribution in [0.25, 0.3) is 0 Å². The van der Waals surface area contributed by atoms with Crippen LogP contribution in [-0.4, -0.2) is 19.1 Å². The van der Waals surface area contributed by atoms with Crippen LogP contribution in [0.1, 0.15) is 24.1 Å². The Morgan fingerprint density at radius 1 is 1.71 bits per heavy atom. The summed E-state index contributed by atoms with van der Waals surface area (Å²) in [7, 11) is 1.40. The van der Waals surface area contributed by atoms with Crippen molar-refractivity contribution in [2.75, 3.05) is 7.11 Å². The van der Waals surface area contributed by atoms with Gasteiger partial charge in [-0.05, 0) is 18.4 Å². The molecule has 0 spiro atoms. The lowest BCUT2D eigenvalue weighted by molar-refractivity contribution is -0.141. The lowest BCUT2D eigenvalue weighted by Crippen LogP contribution is -2.26. The molecule has 0 saturated heterocycles. The van der Waals surface area contributed by atoms with Gasteiger partial charge in [-0.1, -0.05) is 6.07 Å². The second-order valence-corrected chi connectivity index (χ2v) is 4.24. The van der Waals surface area contributed by atoms with E-state index in [2.05, 4.69) is 4.74 Å². The molecule has 0 aliphatic heterocycles. The lowest BCUT2D eigenvalue weighted by Gasteiger charge is -2.17. The first-order valence-corrected chi connectivity index (χ1v) is 5.39. The van der Waals surface area contributed by atoms with Crippen LogP contribution in [0.4, 0.5) is 0 Å². The average Bonchev–Trinajstić information content (AvgIpc) is 2.65. The number of ether oxygens (including phenoxy) is 1. The Morgan fingerprint density at radius 3 is 2.86 bits per heavy atom. The molecule has 2 atom stereocenters. The van der Waals surface area contributed by atoms with Crippen molar-refractivity contribution in [3.63, 3.8) is 0 Å². The van der Waals surface area contributed by atoms with Crippen LogP contribution < -0.4 is 5.73 Å². The normalized spacial score (nSPS) is 14.8. The quantitative estimate of drug-likeness (QED) is 0.775. The standard InChI is InChI=1S/C10H15NO2S/c1-7(11)8(6-10(12)13-2)9-4-3-5-14-9/h3-5,7-8H,6,11H2,1-2H3. The third-order valence-electron chi connectivity index (χ3n) is 2.16. The molecule has 1 aromatic rings. The molecule has 4 heteroatoms. The van der Waals surface area contributed by atoms with E-state index in [-0.39, 0.29) is 17.9 Å². The molecule has 0 fully saturated rings. The molecule has 2 N–H and O–H groups in total. The van der Waals surface area contributed by atoms with Crippen molar-refractivity contribution >= 4 is 17.3 Å². The number of hydrogen-bond donors (Lipinski definition) is 1. The molecule has 1 aromatic heterocycles. The minimum Gasteiger partial charge on any atom is -0.469 e. The zero-order chi connectivity index (χ0) is 10.6. The van der Waals surface area contributed by atoms with Gasteiger partial charge >= 0.3 is 5.97 Å². The molecule has 0 saturated carbocycles. The van der Waals surface area contributed by atoms with Crippen molar-refractivity contribution in [1.82, 2.24) is 0 Å². The molecule has 0 aliphatic rings. The monoisotopic (exact) mass is 213 g/mol. The van der Waals surface area contributed by atoms with E-state index in [1.54, 1.807) is 11.3 Å². The highest BCUT2D eigenvalue weighted by Gasteiger charge is 2.20. The number of nitrogens with two attached hydrogens (primary N) is 1. The molecular formula is C10H15NO2S. The van der Waals surface area contributed by atoms with E-state index >= 15 is 0 Å². The summed E-state index contributed by atoms with van der Waals surface area (Å²) < 4.78 is 4.64. The van der Waals surface area contributed by atoms with Gasteiger partial charge in [0.2, 0.25) is 0 Å². The molecule has 1 heterocycles. The van der Waals surface area contributed by atoms with Crippen LogP contribution >= 0.6 is 11.3 Å². The maximum Gasteiger partial charge on any atom is 0.306 e. The van der Waals surface area contributed by atoms with Crippen molar-refractivity contribution in [3.05, 3.63) is 22.4 Å². The van der Waals surface area contributed by atoms with E-state index in [4.69, 9.17) is 5.73 Å². The molecule has 0 bridgehead atoms. The van der Waals surface area contributed by atoms with Gasteiger partial charge in [0.05, 0.1) is 13.5 Å². The Bertz CT molecular complexity index is 282. The van der Waals surface area contributed by atoms with E-state index in [1.807, 2.05) is 24.4 Å². The van der Waals surface area contributed by atoms with E-state index in [0.717, 1.165) is 4.88 Å². The third-order valence-corrected chi connectivity index (χ3v) is 3.16. The number of rotatable bonds is 4. The van der Waals surface area contributed by atoms with E-state index in [0.29, 0.717) is 6.42 Å². The van der Waals surface area contributed by atoms with E-state index in [9.17, 15) is 4.79 Å². The lowest BCUT2D eigenvalue weighted by atomic mass is 9.96. The summed E-state index contributed by atoms with van der Waals surface area (Å²) in [6.07, 6.45) is 0.356. The summed E-state index contributed by atoms with van der Waals surface area (Å²) in [5.74, 6) is -0.136. The van der Waals surface area contributed by atoms with Gasteiger partial charge in [0, 0.05) is 16.8 Å². The van der Waals surface area contributed by atoms with Gasteiger partial charge < -0.3 is 10.5 Å². The molecule has 0 aromatic carbocycles. The summed E-state index contributed by atoms with van der Waals surface area (Å²) in [5, 5.41) is 1.99. The van der Waals surface area contributed by atoms with Crippen molar-refractivity contribution in [3.8, 4) is 0 Å². The maximum absolute atomic E-state index is 11.1. The van der Waals surface area contributed by atoms with Crippen LogP contribution in [-0.2, 0) is 9.53 Å². The Labute approximate surface area is 87.9 Å². The average molecular weight is 213 g/mol. The van der Waals surface area contributed by atoms with E-state index < -0.39 is 0 Å². The molecule has 0 radical (unpaired) electrons. The number of carbonyl (C=O) groups excluding carboxylic acids is 1. The predicted molar refractivity (Wildman–Crippen MR) is 57.3 cm³/mol. The second-order valence-electron chi connectivity index (χ2n) is 3.26. The summed E-state index contributed by atoms with van der Waals surface area (Å²) in [4.78, 5) is 12.3. The highest BCUT2D eigenvalue weighted by atomic mass is 32.1. The number of esters is 1. The van der Waals surface area contributed by atoms with Gasteiger partial charge in [0.15, 0.2) is 0 Å². The second kappa shape index (κ2) is 5.12. The molecule has 0 aliphatic carbocycles. The Balaban J connectivity index is 2.70. The van der Waals surface area contributed by atoms with Crippen molar-refractivity contribution in [1.29, 1.82) is 0 Å². The molecule has 3 nitrogen and oxygen atoms in total. The largest absolute Gasteiger partial charge is 0.469 e. The zero-order valence-electron chi connectivity index (χ0n) is 8.40. The van der Waals surface area contributed by atoms with Crippen LogP contribution in [0.2, 0.25) is 0 Å². The Hall–Kier alpha value is -0.870. The summed E-state index contributed by atoms with van der Waals surface area (Å²) in [5.41, 5.74) is 5.83. The number of methoxy groups -OCH3 is 1. The number of thiophene rings is 1. The third kappa shape index (κ3) is 2.82. The number of carbonyl (C=O) groups is 1. The van der Waals surface area contributed by atoms with Crippen LogP contribution in [0, 0.1) is 0 Å². The predicted octanol–water partition coefficient (Wildman–Crippen LogP) is 1.74. The fourth-order valence-electron chi connectivity index (χ4n) is 1.31. The first-order valence-electron chi connectivity index (χ1n) is 4.51. The molecule has 0 amide bonds. The first kappa shape index (κ1) is 11.2. The Morgan fingerprint density at radius 2 is 2.43 bits per heavy atom. The highest BCUT2D eigenvalue weighted by molar-refractivity contribution is 7.10. The molecule has 2 unspecified atom stereocenters. The number of hydrogen-bond acceptors (Lipinski definition) is 4. The molecular weight excluding hydrogens is 198 g/mol. The van der Waals surface area contributed by atoms with Gasteiger partial charge in [-0.25, -0.2) is 0 Å². The van der Waals surface area contributed by atoms with Gasteiger partial charge in [-0.3, -0.25) is 4.79 Å². The fourth-order valence-corrected chi connectivity index (χ4v) is 2.25. The SMILES string of the molecule is COC(=O)CC(c1cccs1)C(C)N. The zero-order valence-corrected chi connectivity index (χ0v) is 9.21. The Kier molecular flexibility index (Phi) is 4.10. The van der Waals surface area contributed by atoms with Crippen LogP contribution in [0.15, 0.2) is 17.5 Å². The van der Waals surface area contributed by atoms with Crippen LogP contribution in [0.3, 0.4) is 0 Å². The van der Waals surface area contributed by atoms with Crippen LogP contribution in [0.5, 0.6) is 0 Å². The fraction of sp³-hybridized carbons (Fsp3) is 0.500. The first-order chi connectivity index (χ1) is 6.65. The summed E-state index contributed by atoms with van der Waals surface area (Å²) in [6, 6.07) is 3.93. The minimum atomic E-state index is -0.208. The summed E-state index contributed by atoms with van der Waals surface area (Å²) >= 11 is 1.62. The maximum atomic E-state index is 11.1. The van der Waals surface area contributed by atoms with Gasteiger partial charge in [-0.2, -0.15) is 0 Å². The molecule has 1 rings (SSSR count). The molecule has 78 valence electrons. The van der Waals surface area contributed by atoms with Crippen molar-refractivity contribution in [2.24, 2.45) is 5.73 Å². The molecule has 14 heavy (non-hydrogen) atoms. The topological polar surface area (TPSA) is 52.3 Å². The smallest absolute Gasteiger partial charge is 0.306 e. The van der Waals surface area contributed by atoms with Gasteiger partial charge in [0.25, 0.3) is 0 Å². The highest BCUT2D eigenvalue weighted by Crippen LogP contribution is 2.26. The van der Waals surface area contributed by atoms with E-state index in [1.165, 1.54) is 7.11 Å². The van der Waals surface area contributed by atoms with Gasteiger partial charge in [-0.15, -0.1) is 11.3 Å². The van der Waals surface area contributed by atoms with Crippen molar-refractivity contribution in [2.45, 2.75) is 25.3 Å². The summed E-state index contributed by atoms with van der Waals surface area (Å²) in [6.45, 7) is 1.91. The van der Waals surface area contributed by atoms with Crippen molar-refractivity contribution < 1.29 is 9.53 Å².